The minimum atomic E-state index is -3.75. The molecule has 11 heteroatoms. The summed E-state index contributed by atoms with van der Waals surface area (Å²) in [5.41, 5.74) is 0.234. The molecular weight excluding hydrogens is 338 g/mol. The first-order valence-electron chi connectivity index (χ1n) is 5.66. The van der Waals surface area contributed by atoms with E-state index in [1.54, 1.807) is 0 Å². The molecule has 8 nitrogen and oxygen atoms in total. The van der Waals surface area contributed by atoms with Gasteiger partial charge >= 0.3 is 10.8 Å². The predicted octanol–water partition coefficient (Wildman–Crippen LogP) is 0.421. The first-order valence-corrected chi connectivity index (χ1v) is 8.84. The topological polar surface area (TPSA) is 129 Å². The first-order chi connectivity index (χ1) is 9.79. The maximum atomic E-state index is 12.0. The summed E-state index contributed by atoms with van der Waals surface area (Å²) in [6.07, 6.45) is 0.273. The fourth-order valence-electron chi connectivity index (χ4n) is 1.53. The molecule has 0 saturated carbocycles. The average molecular weight is 349 g/mol. The van der Waals surface area contributed by atoms with Crippen LogP contribution in [-0.2, 0) is 16.4 Å². The van der Waals surface area contributed by atoms with E-state index in [2.05, 4.69) is 14.7 Å². The highest BCUT2D eigenvalue weighted by atomic mass is 32.2. The van der Waals surface area contributed by atoms with Crippen molar-refractivity contribution in [2.45, 2.75) is 17.6 Å². The molecule has 0 aliphatic carbocycles. The Morgan fingerprint density at radius 3 is 2.76 bits per heavy atom. The molecule has 0 aliphatic heterocycles. The van der Waals surface area contributed by atoms with E-state index in [0.29, 0.717) is 22.0 Å². The number of aromatic nitrogens is 2. The minimum Gasteiger partial charge on any atom is -0.476 e. The Kier molecular flexibility index (Phi) is 4.56. The van der Waals surface area contributed by atoms with Crippen LogP contribution in [0.5, 0.6) is 0 Å². The molecule has 0 spiro atoms. The third kappa shape index (κ3) is 3.75. The first kappa shape index (κ1) is 15.8. The van der Waals surface area contributed by atoms with E-state index in [1.165, 1.54) is 12.3 Å². The van der Waals surface area contributed by atoms with Gasteiger partial charge in [0.2, 0.25) is 0 Å². The number of nitrogens with zero attached hydrogens (tertiary/aromatic N) is 1. The molecule has 0 aliphatic rings. The highest BCUT2D eigenvalue weighted by Crippen LogP contribution is 2.15. The summed E-state index contributed by atoms with van der Waals surface area (Å²) < 4.78 is 26.3. The molecule has 0 unspecified atom stereocenters. The van der Waals surface area contributed by atoms with Crippen molar-refractivity contribution < 1.29 is 18.3 Å². The molecule has 0 atom stereocenters. The summed E-state index contributed by atoms with van der Waals surface area (Å²) in [5.74, 6) is -1.12. The lowest BCUT2D eigenvalue weighted by molar-refractivity contribution is 0.0691. The van der Waals surface area contributed by atoms with Gasteiger partial charge in [0, 0.05) is 24.0 Å². The SMILES string of the molecule is Cc1[nH]c(=O)sc1S(=O)(=O)NCCc1nc(C(=O)O)cs1. The van der Waals surface area contributed by atoms with Gasteiger partial charge in [0.25, 0.3) is 10.0 Å². The maximum absolute atomic E-state index is 12.0. The number of carboxylic acid groups (broad SMARTS) is 1. The van der Waals surface area contributed by atoms with Crippen LogP contribution < -0.4 is 9.60 Å². The highest BCUT2D eigenvalue weighted by Gasteiger charge is 2.20. The third-order valence-electron chi connectivity index (χ3n) is 2.43. The van der Waals surface area contributed by atoms with E-state index in [9.17, 15) is 18.0 Å². The average Bonchev–Trinajstić information content (AvgIpc) is 2.96. The Labute approximate surface area is 127 Å². The van der Waals surface area contributed by atoms with Crippen molar-refractivity contribution in [3.05, 3.63) is 31.4 Å². The molecule has 0 aromatic carbocycles. The summed E-state index contributed by atoms with van der Waals surface area (Å²) in [4.78, 5) is 27.6. The second kappa shape index (κ2) is 6.05. The number of hydrogen-bond acceptors (Lipinski definition) is 7. The van der Waals surface area contributed by atoms with Crippen LogP contribution in [0, 0.1) is 6.92 Å². The fraction of sp³-hybridized carbons (Fsp3) is 0.300. The molecule has 3 N–H and O–H groups in total. The predicted molar refractivity (Wildman–Crippen MR) is 77.6 cm³/mol. The van der Waals surface area contributed by atoms with Crippen LogP contribution in [0.3, 0.4) is 0 Å². The molecule has 2 aromatic heterocycles. The number of carbonyl (C=O) groups is 1. The third-order valence-corrected chi connectivity index (χ3v) is 6.40. The molecule has 0 saturated heterocycles. The normalized spacial score (nSPS) is 11.7. The van der Waals surface area contributed by atoms with Crippen LogP contribution in [0.1, 0.15) is 21.2 Å². The zero-order valence-corrected chi connectivity index (χ0v) is 13.2. The minimum absolute atomic E-state index is 0.0436. The Balaban J connectivity index is 2.00. The van der Waals surface area contributed by atoms with Gasteiger partial charge in [-0.1, -0.05) is 11.3 Å². The van der Waals surface area contributed by atoms with Gasteiger partial charge in [-0.3, -0.25) is 4.79 Å². The number of carboxylic acids is 1. The Morgan fingerprint density at radius 1 is 1.52 bits per heavy atom. The van der Waals surface area contributed by atoms with Crippen molar-refractivity contribution in [2.24, 2.45) is 0 Å². The number of aryl methyl sites for hydroxylation is 1. The van der Waals surface area contributed by atoms with Gasteiger partial charge in [-0.05, 0) is 6.92 Å². The fourth-order valence-corrected chi connectivity index (χ4v) is 4.68. The summed E-state index contributed by atoms with van der Waals surface area (Å²) in [7, 11) is -3.75. The van der Waals surface area contributed by atoms with Crippen molar-refractivity contribution in [1.82, 2.24) is 14.7 Å². The highest BCUT2D eigenvalue weighted by molar-refractivity contribution is 7.91. The number of rotatable bonds is 6. The Bertz CT molecular complexity index is 817. The molecule has 2 aromatic rings. The molecule has 0 bridgehead atoms. The van der Waals surface area contributed by atoms with Crippen molar-refractivity contribution >= 4 is 38.7 Å². The number of aromatic amines is 1. The zero-order valence-electron chi connectivity index (χ0n) is 10.7. The van der Waals surface area contributed by atoms with E-state index < -0.39 is 20.9 Å². The van der Waals surface area contributed by atoms with E-state index in [4.69, 9.17) is 5.11 Å². The summed E-state index contributed by atoms with van der Waals surface area (Å²) in [6, 6.07) is 0. The zero-order chi connectivity index (χ0) is 15.6. The molecule has 0 amide bonds. The molecule has 21 heavy (non-hydrogen) atoms. The molecule has 114 valence electrons. The van der Waals surface area contributed by atoms with Crippen LogP contribution in [0.2, 0.25) is 0 Å². The van der Waals surface area contributed by atoms with Crippen LogP contribution >= 0.6 is 22.7 Å². The number of aromatic carboxylic acids is 1. The van der Waals surface area contributed by atoms with Crippen LogP contribution in [0.4, 0.5) is 0 Å². The number of thiazole rings is 2. The molecule has 0 fully saturated rings. The molecule has 2 rings (SSSR count). The Hall–Kier alpha value is -1.56. The number of sulfonamides is 1. The van der Waals surface area contributed by atoms with E-state index in [0.717, 1.165) is 11.3 Å². The lowest BCUT2D eigenvalue weighted by atomic mass is 10.4. The van der Waals surface area contributed by atoms with Crippen molar-refractivity contribution in [3.8, 4) is 0 Å². The van der Waals surface area contributed by atoms with Crippen molar-refractivity contribution in [3.63, 3.8) is 0 Å². The molecule has 0 radical (unpaired) electrons. The van der Waals surface area contributed by atoms with Gasteiger partial charge < -0.3 is 10.1 Å². The second-order valence-corrected chi connectivity index (χ2v) is 7.89. The van der Waals surface area contributed by atoms with Crippen LogP contribution in [-0.4, -0.2) is 36.0 Å². The van der Waals surface area contributed by atoms with Crippen molar-refractivity contribution in [1.29, 1.82) is 0 Å². The number of hydrogen-bond donors (Lipinski definition) is 3. The quantitative estimate of drug-likeness (QED) is 0.693. The van der Waals surface area contributed by atoms with Crippen molar-refractivity contribution in [2.75, 3.05) is 6.54 Å². The van der Waals surface area contributed by atoms with E-state index in [-0.39, 0.29) is 22.9 Å². The summed E-state index contributed by atoms with van der Waals surface area (Å²) >= 11 is 1.77. The van der Waals surface area contributed by atoms with E-state index >= 15 is 0 Å². The van der Waals surface area contributed by atoms with Gasteiger partial charge in [-0.15, -0.1) is 11.3 Å². The monoisotopic (exact) mass is 349 g/mol. The number of nitrogens with one attached hydrogen (secondary N) is 2. The summed E-state index contributed by atoms with van der Waals surface area (Å²) in [6.45, 7) is 1.58. The van der Waals surface area contributed by atoms with Gasteiger partial charge in [-0.2, -0.15) is 0 Å². The lowest BCUT2D eigenvalue weighted by Crippen LogP contribution is -2.25. The summed E-state index contributed by atoms with van der Waals surface area (Å²) in [5, 5.41) is 10.7. The van der Waals surface area contributed by atoms with Gasteiger partial charge in [-0.25, -0.2) is 22.9 Å². The largest absolute Gasteiger partial charge is 0.476 e. The maximum Gasteiger partial charge on any atom is 0.355 e. The lowest BCUT2D eigenvalue weighted by Gasteiger charge is -2.03. The standard InChI is InChI=1S/C10H11N3O5S3/c1-5-9(20-10(16)12-5)21(17,18)11-3-2-7-13-6(4-19-7)8(14)15/h4,11H,2-3H2,1H3,(H,12,16)(H,14,15). The van der Waals surface area contributed by atoms with Gasteiger partial charge in [0.1, 0.15) is 0 Å². The number of H-pyrrole nitrogens is 1. The van der Waals surface area contributed by atoms with E-state index in [1.807, 2.05) is 0 Å². The Morgan fingerprint density at radius 2 is 2.24 bits per heavy atom. The van der Waals surface area contributed by atoms with Crippen LogP contribution in [0.15, 0.2) is 14.4 Å². The second-order valence-electron chi connectivity index (χ2n) is 4.01. The van der Waals surface area contributed by atoms with Gasteiger partial charge in [0.05, 0.1) is 5.01 Å². The van der Waals surface area contributed by atoms with Gasteiger partial charge in [0.15, 0.2) is 9.90 Å². The van der Waals surface area contributed by atoms with Crippen LogP contribution in [0.25, 0.3) is 0 Å². The molecule has 2 heterocycles. The smallest absolute Gasteiger partial charge is 0.355 e. The molecular formula is C10H11N3O5S3.